The zero-order valence-corrected chi connectivity index (χ0v) is 12.7. The van der Waals surface area contributed by atoms with Crippen molar-refractivity contribution < 1.29 is 9.59 Å². The minimum absolute atomic E-state index is 0.0113. The van der Waals surface area contributed by atoms with Gasteiger partial charge < -0.3 is 15.5 Å². The minimum atomic E-state index is -0.0593. The number of piperidine rings is 1. The van der Waals surface area contributed by atoms with Gasteiger partial charge in [-0.05, 0) is 26.2 Å². The van der Waals surface area contributed by atoms with Crippen molar-refractivity contribution in [2.75, 3.05) is 19.6 Å². The fourth-order valence-corrected chi connectivity index (χ4v) is 2.88. The zero-order valence-electron chi connectivity index (χ0n) is 12.7. The lowest BCUT2D eigenvalue weighted by atomic mass is 10.1. The highest BCUT2D eigenvalue weighted by molar-refractivity contribution is 5.98. The SMILES string of the molecule is CC(C)C(=O)NCC1=C(N2CCCCC2)C(C)NC1=O. The normalized spacial score (nSPS) is 23.3. The second-order valence-corrected chi connectivity index (χ2v) is 5.98. The molecule has 5 nitrogen and oxygen atoms in total. The Bertz CT molecular complexity index is 423. The van der Waals surface area contributed by atoms with Crippen LogP contribution in [0.25, 0.3) is 0 Å². The van der Waals surface area contributed by atoms with E-state index >= 15 is 0 Å². The van der Waals surface area contributed by atoms with Gasteiger partial charge in [-0.2, -0.15) is 0 Å². The molecule has 112 valence electrons. The molecule has 0 radical (unpaired) electrons. The van der Waals surface area contributed by atoms with Crippen LogP contribution >= 0.6 is 0 Å². The number of nitrogens with one attached hydrogen (secondary N) is 2. The van der Waals surface area contributed by atoms with E-state index in [-0.39, 0.29) is 23.8 Å². The van der Waals surface area contributed by atoms with Crippen molar-refractivity contribution >= 4 is 11.8 Å². The quantitative estimate of drug-likeness (QED) is 0.807. The molecule has 20 heavy (non-hydrogen) atoms. The summed E-state index contributed by atoms with van der Waals surface area (Å²) in [6.07, 6.45) is 3.62. The molecule has 1 unspecified atom stereocenters. The lowest BCUT2D eigenvalue weighted by molar-refractivity contribution is -0.123. The Hall–Kier alpha value is -1.52. The topological polar surface area (TPSA) is 61.4 Å². The molecule has 2 aliphatic heterocycles. The Balaban J connectivity index is 2.12. The van der Waals surface area contributed by atoms with Gasteiger partial charge in [0.05, 0.1) is 18.2 Å². The van der Waals surface area contributed by atoms with Crippen LogP contribution in [0.3, 0.4) is 0 Å². The molecule has 5 heteroatoms. The van der Waals surface area contributed by atoms with Gasteiger partial charge in [-0.1, -0.05) is 13.8 Å². The number of nitrogens with zero attached hydrogens (tertiary/aromatic N) is 1. The Morgan fingerprint density at radius 1 is 1.35 bits per heavy atom. The number of rotatable bonds is 4. The van der Waals surface area contributed by atoms with Crippen molar-refractivity contribution in [2.24, 2.45) is 5.92 Å². The first kappa shape index (κ1) is 14.9. The molecule has 2 amide bonds. The van der Waals surface area contributed by atoms with Crippen molar-refractivity contribution in [3.63, 3.8) is 0 Å². The predicted molar refractivity (Wildman–Crippen MR) is 77.9 cm³/mol. The summed E-state index contributed by atoms with van der Waals surface area (Å²) >= 11 is 0. The third-order valence-electron chi connectivity index (χ3n) is 4.00. The minimum Gasteiger partial charge on any atom is -0.373 e. The fraction of sp³-hybridized carbons (Fsp3) is 0.733. The van der Waals surface area contributed by atoms with Crippen LogP contribution in [0.4, 0.5) is 0 Å². The van der Waals surface area contributed by atoms with E-state index < -0.39 is 0 Å². The van der Waals surface area contributed by atoms with E-state index in [4.69, 9.17) is 0 Å². The lowest BCUT2D eigenvalue weighted by Gasteiger charge is -2.32. The van der Waals surface area contributed by atoms with Gasteiger partial charge in [0.1, 0.15) is 0 Å². The second kappa shape index (κ2) is 6.29. The summed E-state index contributed by atoms with van der Waals surface area (Å²) in [6, 6.07) is 0.0477. The van der Waals surface area contributed by atoms with Gasteiger partial charge in [0.2, 0.25) is 5.91 Å². The van der Waals surface area contributed by atoms with Crippen molar-refractivity contribution in [2.45, 2.75) is 46.1 Å². The molecule has 2 rings (SSSR count). The monoisotopic (exact) mass is 279 g/mol. The zero-order chi connectivity index (χ0) is 14.7. The number of hydrogen-bond acceptors (Lipinski definition) is 3. The van der Waals surface area contributed by atoms with E-state index in [1.54, 1.807) is 0 Å². The number of amides is 2. The van der Waals surface area contributed by atoms with Gasteiger partial charge in [0, 0.05) is 24.7 Å². The van der Waals surface area contributed by atoms with Crippen molar-refractivity contribution in [1.82, 2.24) is 15.5 Å². The van der Waals surface area contributed by atoms with Crippen LogP contribution in [0.15, 0.2) is 11.3 Å². The van der Waals surface area contributed by atoms with Gasteiger partial charge in [0.15, 0.2) is 0 Å². The fourth-order valence-electron chi connectivity index (χ4n) is 2.88. The van der Waals surface area contributed by atoms with Gasteiger partial charge in [-0.25, -0.2) is 0 Å². The largest absolute Gasteiger partial charge is 0.373 e. The van der Waals surface area contributed by atoms with Crippen molar-refractivity contribution in [3.05, 3.63) is 11.3 Å². The molecule has 0 saturated carbocycles. The maximum absolute atomic E-state index is 12.1. The van der Waals surface area contributed by atoms with Crippen LogP contribution < -0.4 is 10.6 Å². The average molecular weight is 279 g/mol. The third kappa shape index (κ3) is 3.14. The number of carbonyl (C=O) groups excluding carboxylic acids is 2. The Morgan fingerprint density at radius 2 is 2.00 bits per heavy atom. The van der Waals surface area contributed by atoms with Gasteiger partial charge in [0.25, 0.3) is 5.91 Å². The highest BCUT2D eigenvalue weighted by Gasteiger charge is 2.32. The highest BCUT2D eigenvalue weighted by Crippen LogP contribution is 2.24. The first-order valence-electron chi connectivity index (χ1n) is 7.57. The molecule has 0 aromatic heterocycles. The molecule has 0 spiro atoms. The third-order valence-corrected chi connectivity index (χ3v) is 4.00. The number of likely N-dealkylation sites (tertiary alicyclic amines) is 1. The lowest BCUT2D eigenvalue weighted by Crippen LogP contribution is -2.36. The maximum Gasteiger partial charge on any atom is 0.251 e. The van der Waals surface area contributed by atoms with E-state index in [0.717, 1.165) is 24.4 Å². The summed E-state index contributed by atoms with van der Waals surface area (Å²) in [4.78, 5) is 26.1. The molecule has 2 N–H and O–H groups in total. The first-order valence-corrected chi connectivity index (χ1v) is 7.57. The van der Waals surface area contributed by atoms with E-state index in [9.17, 15) is 9.59 Å². The molecule has 2 aliphatic rings. The van der Waals surface area contributed by atoms with Crippen LogP contribution in [-0.2, 0) is 9.59 Å². The Kier molecular flexibility index (Phi) is 4.68. The summed E-state index contributed by atoms with van der Waals surface area (Å²) in [7, 11) is 0. The number of hydrogen-bond donors (Lipinski definition) is 2. The maximum atomic E-state index is 12.1. The van der Waals surface area contributed by atoms with E-state index in [0.29, 0.717) is 6.54 Å². The van der Waals surface area contributed by atoms with Gasteiger partial charge in [-0.15, -0.1) is 0 Å². The van der Waals surface area contributed by atoms with E-state index in [2.05, 4.69) is 15.5 Å². The molecule has 0 bridgehead atoms. The van der Waals surface area contributed by atoms with E-state index in [1.165, 1.54) is 19.3 Å². The Labute approximate surface area is 120 Å². The summed E-state index contributed by atoms with van der Waals surface area (Å²) in [5.41, 5.74) is 1.81. The van der Waals surface area contributed by atoms with E-state index in [1.807, 2.05) is 20.8 Å². The van der Waals surface area contributed by atoms with Crippen LogP contribution in [0, 0.1) is 5.92 Å². The molecular weight excluding hydrogens is 254 g/mol. The second-order valence-electron chi connectivity index (χ2n) is 5.98. The first-order chi connectivity index (χ1) is 9.50. The molecule has 0 aliphatic carbocycles. The molecule has 1 fully saturated rings. The standard InChI is InChI=1S/C15H25N3O2/c1-10(2)14(19)16-9-12-13(11(3)17-15(12)20)18-7-5-4-6-8-18/h10-11H,4-9H2,1-3H3,(H,16,19)(H,17,20). The Morgan fingerprint density at radius 3 is 2.60 bits per heavy atom. The van der Waals surface area contributed by atoms with Crippen LogP contribution in [0.2, 0.25) is 0 Å². The van der Waals surface area contributed by atoms with Crippen molar-refractivity contribution in [3.8, 4) is 0 Å². The average Bonchev–Trinajstić information content (AvgIpc) is 2.71. The molecule has 1 saturated heterocycles. The van der Waals surface area contributed by atoms with Crippen LogP contribution in [0.5, 0.6) is 0 Å². The summed E-state index contributed by atoms with van der Waals surface area (Å²) in [5.74, 6) is -0.110. The summed E-state index contributed by atoms with van der Waals surface area (Å²) < 4.78 is 0. The molecule has 0 aromatic carbocycles. The highest BCUT2D eigenvalue weighted by atomic mass is 16.2. The van der Waals surface area contributed by atoms with Gasteiger partial charge in [-0.3, -0.25) is 9.59 Å². The predicted octanol–water partition coefficient (Wildman–Crippen LogP) is 1.02. The van der Waals surface area contributed by atoms with Crippen LogP contribution in [0.1, 0.15) is 40.0 Å². The number of carbonyl (C=O) groups is 2. The summed E-state index contributed by atoms with van der Waals surface area (Å²) in [5, 5.41) is 5.82. The molecule has 0 aromatic rings. The van der Waals surface area contributed by atoms with Crippen LogP contribution in [-0.4, -0.2) is 42.4 Å². The van der Waals surface area contributed by atoms with Gasteiger partial charge >= 0.3 is 0 Å². The molecule has 2 heterocycles. The smallest absolute Gasteiger partial charge is 0.251 e. The molecular formula is C15H25N3O2. The van der Waals surface area contributed by atoms with Crippen molar-refractivity contribution in [1.29, 1.82) is 0 Å². The summed E-state index contributed by atoms with van der Waals surface area (Å²) in [6.45, 7) is 8.07. The molecule has 1 atom stereocenters.